The van der Waals surface area contributed by atoms with Gasteiger partial charge in [-0.05, 0) is 33.1 Å². The van der Waals surface area contributed by atoms with E-state index in [1.54, 1.807) is 0 Å². The first-order valence-electron chi connectivity index (χ1n) is 5.11. The van der Waals surface area contributed by atoms with Crippen molar-refractivity contribution in [3.05, 3.63) is 0 Å². The van der Waals surface area contributed by atoms with Crippen LogP contribution in [-0.4, -0.2) is 24.8 Å². The molecule has 0 spiro atoms. The molecule has 1 rings (SSSR count). The maximum Gasteiger partial charge on any atom is 0.0675 e. The van der Waals surface area contributed by atoms with Gasteiger partial charge in [0.2, 0.25) is 0 Å². The van der Waals surface area contributed by atoms with Gasteiger partial charge >= 0.3 is 0 Å². The van der Waals surface area contributed by atoms with Gasteiger partial charge in [-0.3, -0.25) is 0 Å². The maximum atomic E-state index is 5.72. The molecule has 0 radical (unpaired) electrons. The summed E-state index contributed by atoms with van der Waals surface area (Å²) in [5, 5.41) is 3.46. The van der Waals surface area contributed by atoms with Gasteiger partial charge in [0.05, 0.1) is 12.2 Å². The lowest BCUT2D eigenvalue weighted by atomic mass is 10.3. The predicted molar refractivity (Wildman–Crippen MR) is 51.3 cm³/mol. The Kier molecular flexibility index (Phi) is 4.02. The predicted octanol–water partition coefficient (Wildman–Crippen LogP) is 1.94. The summed E-state index contributed by atoms with van der Waals surface area (Å²) in [6.07, 6.45) is 4.58. The second kappa shape index (κ2) is 4.83. The van der Waals surface area contributed by atoms with Gasteiger partial charge in [0.15, 0.2) is 0 Å². The minimum Gasteiger partial charge on any atom is -0.374 e. The Morgan fingerprint density at radius 1 is 1.33 bits per heavy atom. The third kappa shape index (κ3) is 4.07. The summed E-state index contributed by atoms with van der Waals surface area (Å²) in [6.45, 7) is 7.44. The first-order chi connectivity index (χ1) is 5.72. The Morgan fingerprint density at radius 3 is 2.50 bits per heavy atom. The van der Waals surface area contributed by atoms with Crippen LogP contribution in [0.5, 0.6) is 0 Å². The fourth-order valence-corrected chi connectivity index (χ4v) is 1.16. The minimum absolute atomic E-state index is 0.362. The molecule has 0 aliphatic heterocycles. The second-order valence-electron chi connectivity index (χ2n) is 3.85. The van der Waals surface area contributed by atoms with E-state index < -0.39 is 0 Å². The molecule has 72 valence electrons. The van der Waals surface area contributed by atoms with Gasteiger partial charge in [0.1, 0.15) is 0 Å². The Morgan fingerprint density at radius 2 is 2.00 bits per heavy atom. The molecule has 1 N–H and O–H groups in total. The lowest BCUT2D eigenvalue weighted by molar-refractivity contribution is 0.00731. The lowest BCUT2D eigenvalue weighted by Crippen LogP contribution is -2.30. The molecule has 1 saturated carbocycles. The van der Waals surface area contributed by atoms with Crippen LogP contribution < -0.4 is 5.32 Å². The average molecular weight is 171 g/mol. The largest absolute Gasteiger partial charge is 0.374 e. The highest BCUT2D eigenvalue weighted by atomic mass is 16.5. The van der Waals surface area contributed by atoms with E-state index in [2.05, 4.69) is 26.1 Å². The van der Waals surface area contributed by atoms with Crippen LogP contribution in [0.4, 0.5) is 0 Å². The summed E-state index contributed by atoms with van der Waals surface area (Å²) in [6, 6.07) is 0.799. The SMILES string of the molecule is CCC(C)OC(C)CNC1CC1. The molecule has 0 aromatic carbocycles. The molecule has 0 saturated heterocycles. The van der Waals surface area contributed by atoms with Crippen molar-refractivity contribution in [1.82, 2.24) is 5.32 Å². The Balaban J connectivity index is 1.97. The standard InChI is InChI=1S/C10H21NO/c1-4-8(2)12-9(3)7-11-10-5-6-10/h8-11H,4-7H2,1-3H3. The molecular weight excluding hydrogens is 150 g/mol. The van der Waals surface area contributed by atoms with Gasteiger partial charge in [-0.15, -0.1) is 0 Å². The molecule has 12 heavy (non-hydrogen) atoms. The molecule has 0 heterocycles. The molecule has 0 bridgehead atoms. The van der Waals surface area contributed by atoms with Crippen LogP contribution in [-0.2, 0) is 4.74 Å². The van der Waals surface area contributed by atoms with Crippen molar-refractivity contribution >= 4 is 0 Å². The highest BCUT2D eigenvalue weighted by Gasteiger charge is 2.21. The fourth-order valence-electron chi connectivity index (χ4n) is 1.16. The van der Waals surface area contributed by atoms with Gasteiger partial charge in [0.25, 0.3) is 0 Å². The van der Waals surface area contributed by atoms with Crippen molar-refractivity contribution < 1.29 is 4.74 Å². The van der Waals surface area contributed by atoms with Gasteiger partial charge in [0, 0.05) is 12.6 Å². The van der Waals surface area contributed by atoms with Crippen LogP contribution in [0, 0.1) is 0 Å². The van der Waals surface area contributed by atoms with Crippen LogP contribution >= 0.6 is 0 Å². The first-order valence-corrected chi connectivity index (χ1v) is 5.11. The number of hydrogen-bond acceptors (Lipinski definition) is 2. The topological polar surface area (TPSA) is 21.3 Å². The van der Waals surface area contributed by atoms with Crippen molar-refractivity contribution in [3.63, 3.8) is 0 Å². The van der Waals surface area contributed by atoms with Crippen molar-refractivity contribution in [2.24, 2.45) is 0 Å². The van der Waals surface area contributed by atoms with Crippen LogP contribution in [0.3, 0.4) is 0 Å². The van der Waals surface area contributed by atoms with Crippen LogP contribution in [0.2, 0.25) is 0 Å². The highest BCUT2D eigenvalue weighted by molar-refractivity contribution is 4.81. The lowest BCUT2D eigenvalue weighted by Gasteiger charge is -2.18. The molecule has 1 fully saturated rings. The molecule has 2 heteroatoms. The van der Waals surface area contributed by atoms with Gasteiger partial charge in [-0.2, -0.15) is 0 Å². The quantitative estimate of drug-likeness (QED) is 0.659. The van der Waals surface area contributed by atoms with E-state index in [1.807, 2.05) is 0 Å². The molecule has 0 aromatic rings. The molecule has 2 nitrogen and oxygen atoms in total. The zero-order chi connectivity index (χ0) is 8.97. The smallest absolute Gasteiger partial charge is 0.0675 e. The molecule has 0 amide bonds. The van der Waals surface area contributed by atoms with Crippen molar-refractivity contribution in [3.8, 4) is 0 Å². The third-order valence-electron chi connectivity index (χ3n) is 2.31. The van der Waals surface area contributed by atoms with Gasteiger partial charge in [-0.25, -0.2) is 0 Å². The molecule has 1 aliphatic carbocycles. The highest BCUT2D eigenvalue weighted by Crippen LogP contribution is 2.18. The summed E-state index contributed by atoms with van der Waals surface area (Å²) in [5.74, 6) is 0. The van der Waals surface area contributed by atoms with Crippen molar-refractivity contribution in [2.75, 3.05) is 6.54 Å². The maximum absolute atomic E-state index is 5.72. The first kappa shape index (κ1) is 10.0. The summed E-state index contributed by atoms with van der Waals surface area (Å²) in [7, 11) is 0. The van der Waals surface area contributed by atoms with E-state index in [1.165, 1.54) is 12.8 Å². The molecule has 0 aromatic heterocycles. The normalized spacial score (nSPS) is 22.2. The van der Waals surface area contributed by atoms with Crippen molar-refractivity contribution in [2.45, 2.75) is 58.3 Å². The van der Waals surface area contributed by atoms with Crippen LogP contribution in [0.25, 0.3) is 0 Å². The van der Waals surface area contributed by atoms with E-state index in [0.717, 1.165) is 19.0 Å². The Bertz CT molecular complexity index is 123. The summed E-state index contributed by atoms with van der Waals surface area (Å²) < 4.78 is 5.72. The molecular formula is C10H21NO. The van der Waals surface area contributed by atoms with Crippen LogP contribution in [0.15, 0.2) is 0 Å². The summed E-state index contributed by atoms with van der Waals surface area (Å²) >= 11 is 0. The van der Waals surface area contributed by atoms with Gasteiger partial charge < -0.3 is 10.1 Å². The zero-order valence-electron chi connectivity index (χ0n) is 8.47. The number of nitrogens with one attached hydrogen (secondary N) is 1. The van der Waals surface area contributed by atoms with Crippen LogP contribution in [0.1, 0.15) is 40.0 Å². The van der Waals surface area contributed by atoms with Gasteiger partial charge in [-0.1, -0.05) is 6.92 Å². The number of rotatable bonds is 6. The van der Waals surface area contributed by atoms with E-state index in [4.69, 9.17) is 4.74 Å². The fraction of sp³-hybridized carbons (Fsp3) is 1.00. The average Bonchev–Trinajstić information content (AvgIpc) is 2.83. The Hall–Kier alpha value is -0.0800. The third-order valence-corrected chi connectivity index (χ3v) is 2.31. The summed E-state index contributed by atoms with van der Waals surface area (Å²) in [5.41, 5.74) is 0. The van der Waals surface area contributed by atoms with E-state index in [9.17, 15) is 0 Å². The minimum atomic E-state index is 0.362. The zero-order valence-corrected chi connectivity index (χ0v) is 8.47. The van der Waals surface area contributed by atoms with Crippen molar-refractivity contribution in [1.29, 1.82) is 0 Å². The van der Waals surface area contributed by atoms with E-state index in [-0.39, 0.29) is 0 Å². The molecule has 2 unspecified atom stereocenters. The molecule has 1 aliphatic rings. The Labute approximate surface area is 75.7 Å². The molecule has 2 atom stereocenters. The van der Waals surface area contributed by atoms with E-state index >= 15 is 0 Å². The number of hydrogen-bond donors (Lipinski definition) is 1. The number of ether oxygens (including phenoxy) is 1. The second-order valence-corrected chi connectivity index (χ2v) is 3.85. The van der Waals surface area contributed by atoms with E-state index in [0.29, 0.717) is 12.2 Å². The monoisotopic (exact) mass is 171 g/mol. The summed E-state index contributed by atoms with van der Waals surface area (Å²) in [4.78, 5) is 0.